The van der Waals surface area contributed by atoms with Crippen molar-refractivity contribution < 1.29 is 14.3 Å². The highest BCUT2D eigenvalue weighted by molar-refractivity contribution is 6.33. The van der Waals surface area contributed by atoms with Gasteiger partial charge in [-0.2, -0.15) is 0 Å². The van der Waals surface area contributed by atoms with Gasteiger partial charge in [0, 0.05) is 66.5 Å². The summed E-state index contributed by atoms with van der Waals surface area (Å²) in [5, 5.41) is 8.56. The van der Waals surface area contributed by atoms with Crippen LogP contribution in [0.3, 0.4) is 0 Å². The van der Waals surface area contributed by atoms with Crippen LogP contribution in [0.2, 0.25) is 10.0 Å². The lowest BCUT2D eigenvalue weighted by Crippen LogP contribution is -2.47. The molecule has 52 heavy (non-hydrogen) atoms. The zero-order chi connectivity index (χ0) is 36.4. The molecule has 1 atom stereocenters. The molecule has 1 unspecified atom stereocenters. The van der Waals surface area contributed by atoms with Gasteiger partial charge in [0.25, 0.3) is 5.56 Å². The van der Waals surface area contributed by atoms with Crippen LogP contribution >= 0.6 is 23.2 Å². The van der Waals surface area contributed by atoms with Crippen LogP contribution in [0.1, 0.15) is 56.9 Å². The lowest BCUT2D eigenvalue weighted by Gasteiger charge is -2.36. The van der Waals surface area contributed by atoms with Crippen molar-refractivity contribution in [1.82, 2.24) is 14.8 Å². The summed E-state index contributed by atoms with van der Waals surface area (Å²) >= 11 is 13.7. The molecule has 3 aliphatic rings. The zero-order valence-corrected chi connectivity index (χ0v) is 31.4. The number of carbonyl (C=O) groups excluding carboxylic acids is 2. The maximum atomic E-state index is 12.7. The number of imide groups is 1. The molecule has 1 aromatic heterocycles. The van der Waals surface area contributed by atoms with Gasteiger partial charge >= 0.3 is 0 Å². The zero-order valence-electron chi connectivity index (χ0n) is 29.9. The number of benzene rings is 3. The number of methoxy groups -OCH3 is 1. The first-order valence-corrected chi connectivity index (χ1v) is 19.2. The molecule has 3 saturated heterocycles. The number of halogens is 2. The van der Waals surface area contributed by atoms with E-state index in [2.05, 4.69) is 26.5 Å². The number of nitrogens with one attached hydrogen (secondary N) is 2. The van der Waals surface area contributed by atoms with Crippen molar-refractivity contribution in [3.8, 4) is 16.9 Å². The monoisotopic (exact) mass is 743 g/mol. The quantitative estimate of drug-likeness (QED) is 0.161. The van der Waals surface area contributed by atoms with E-state index in [1.165, 1.54) is 25.7 Å². The molecular formula is C41H47Cl2N5O4. The summed E-state index contributed by atoms with van der Waals surface area (Å²) in [6, 6.07) is 17.2. The highest BCUT2D eigenvalue weighted by atomic mass is 35.5. The summed E-state index contributed by atoms with van der Waals surface area (Å²) in [5.74, 6) is 1.74. The third kappa shape index (κ3) is 7.97. The van der Waals surface area contributed by atoms with Crippen LogP contribution < -0.4 is 25.8 Å². The maximum absolute atomic E-state index is 12.7. The van der Waals surface area contributed by atoms with Gasteiger partial charge in [0.2, 0.25) is 11.8 Å². The number of aromatic nitrogens is 1. The Balaban J connectivity index is 0.883. The van der Waals surface area contributed by atoms with Crippen LogP contribution in [-0.4, -0.2) is 60.6 Å². The van der Waals surface area contributed by atoms with Crippen molar-refractivity contribution in [2.45, 2.75) is 64.0 Å². The number of pyridine rings is 1. The van der Waals surface area contributed by atoms with Crippen LogP contribution in [0.25, 0.3) is 21.9 Å². The second-order valence-electron chi connectivity index (χ2n) is 14.7. The van der Waals surface area contributed by atoms with E-state index in [9.17, 15) is 14.4 Å². The van der Waals surface area contributed by atoms with Crippen LogP contribution in [0.15, 0.2) is 65.6 Å². The molecule has 9 nitrogen and oxygen atoms in total. The first-order valence-electron chi connectivity index (χ1n) is 18.5. The molecule has 0 spiro atoms. The molecule has 11 heteroatoms. The topological polar surface area (TPSA) is 95.9 Å². The largest absolute Gasteiger partial charge is 0.496 e. The molecule has 4 aromatic rings. The second kappa shape index (κ2) is 15.9. The Hall–Kier alpha value is -4.05. The molecule has 0 radical (unpaired) electrons. The lowest BCUT2D eigenvalue weighted by molar-refractivity contribution is -0.133. The van der Waals surface area contributed by atoms with E-state index in [4.69, 9.17) is 27.9 Å². The minimum Gasteiger partial charge on any atom is -0.496 e. The fourth-order valence-corrected chi connectivity index (χ4v) is 8.80. The number of rotatable bonds is 10. The average Bonchev–Trinajstić information content (AvgIpc) is 3.15. The van der Waals surface area contributed by atoms with Crippen molar-refractivity contribution in [2.24, 2.45) is 18.9 Å². The highest BCUT2D eigenvalue weighted by Gasteiger charge is 2.28. The summed E-state index contributed by atoms with van der Waals surface area (Å²) in [4.78, 5) is 41.2. The van der Waals surface area contributed by atoms with E-state index in [1.807, 2.05) is 54.7 Å². The van der Waals surface area contributed by atoms with E-state index in [0.29, 0.717) is 28.3 Å². The Morgan fingerprint density at radius 2 is 1.54 bits per heavy atom. The molecule has 274 valence electrons. The smallest absolute Gasteiger partial charge is 0.258 e. The molecule has 0 aliphatic carbocycles. The molecule has 0 saturated carbocycles. The van der Waals surface area contributed by atoms with E-state index in [1.54, 1.807) is 18.7 Å². The SMILES string of the molecule is COc1cc(-c2cn(C)c(=O)c3ccccc23)cc(Cl)c1CN1CCC(CCC2CCN(c3ccc(NC4CCC(=O)NC4=O)cc3Cl)CC2)CC1. The van der Waals surface area contributed by atoms with Crippen molar-refractivity contribution in [1.29, 1.82) is 0 Å². The lowest BCUT2D eigenvalue weighted by atomic mass is 9.85. The van der Waals surface area contributed by atoms with Crippen LogP contribution in [0.4, 0.5) is 11.4 Å². The predicted octanol–water partition coefficient (Wildman–Crippen LogP) is 7.65. The first kappa shape index (κ1) is 36.3. The van der Waals surface area contributed by atoms with E-state index < -0.39 is 6.04 Å². The minimum absolute atomic E-state index is 0.0181. The van der Waals surface area contributed by atoms with Gasteiger partial charge in [0.05, 0.1) is 17.8 Å². The summed E-state index contributed by atoms with van der Waals surface area (Å²) in [6.45, 7) is 4.81. The number of fused-ring (bicyclic) bond motifs is 1. The number of nitrogens with zero attached hydrogens (tertiary/aromatic N) is 3. The number of ether oxygens (including phenoxy) is 1. The number of anilines is 2. The van der Waals surface area contributed by atoms with Crippen molar-refractivity contribution >= 4 is 57.2 Å². The number of carbonyl (C=O) groups is 2. The number of piperidine rings is 3. The predicted molar refractivity (Wildman–Crippen MR) is 210 cm³/mol. The molecule has 2 amide bonds. The summed E-state index contributed by atoms with van der Waals surface area (Å²) in [6.07, 6.45) is 9.94. The van der Waals surface area contributed by atoms with Gasteiger partial charge < -0.3 is 19.5 Å². The van der Waals surface area contributed by atoms with Gasteiger partial charge in [-0.15, -0.1) is 0 Å². The average molecular weight is 745 g/mol. The summed E-state index contributed by atoms with van der Waals surface area (Å²) in [7, 11) is 3.48. The molecule has 7 rings (SSSR count). The van der Waals surface area contributed by atoms with Gasteiger partial charge in [0.15, 0.2) is 0 Å². The second-order valence-corrected chi connectivity index (χ2v) is 15.5. The normalized spacial score (nSPS) is 19.2. The third-order valence-corrected chi connectivity index (χ3v) is 12.0. The standard InChI is InChI=1S/C41H47Cl2N5O4/c1-46-24-32(30-5-3-4-6-31(30)41(46)51)28-21-34(42)33(38(22-28)52-2)25-47-17-13-26(14-18-47)7-8-27-15-19-48(20-16-27)37-11-9-29(23-35(37)43)44-36-10-12-39(49)45-40(36)50/h3-6,9,11,21-24,26-27,36,44H,7-8,10,12-20,25H2,1-2H3,(H,45,49,50). The molecule has 4 heterocycles. The van der Waals surface area contributed by atoms with Gasteiger partial charge in [0.1, 0.15) is 11.8 Å². The molecule has 0 bridgehead atoms. The van der Waals surface area contributed by atoms with Crippen LogP contribution in [0.5, 0.6) is 5.75 Å². The summed E-state index contributed by atoms with van der Waals surface area (Å²) < 4.78 is 7.52. The Labute approximate surface area is 315 Å². The third-order valence-electron chi connectivity index (χ3n) is 11.3. The number of aryl methyl sites for hydroxylation is 1. The van der Waals surface area contributed by atoms with Crippen LogP contribution in [0, 0.1) is 11.8 Å². The summed E-state index contributed by atoms with van der Waals surface area (Å²) in [5.41, 5.74) is 4.70. The molecule has 2 N–H and O–H groups in total. The molecular weight excluding hydrogens is 697 g/mol. The van der Waals surface area contributed by atoms with Crippen molar-refractivity contribution in [3.05, 3.63) is 86.8 Å². The highest BCUT2D eigenvalue weighted by Crippen LogP contribution is 2.38. The van der Waals surface area contributed by atoms with Gasteiger partial charge in [-0.05, 0) is 104 Å². The van der Waals surface area contributed by atoms with Crippen LogP contribution in [-0.2, 0) is 23.2 Å². The first-order chi connectivity index (χ1) is 25.2. The Morgan fingerprint density at radius 1 is 0.846 bits per heavy atom. The minimum atomic E-state index is -0.427. The number of hydrogen-bond acceptors (Lipinski definition) is 7. The van der Waals surface area contributed by atoms with Gasteiger partial charge in [-0.1, -0.05) is 54.2 Å². The van der Waals surface area contributed by atoms with Crippen molar-refractivity contribution in [3.63, 3.8) is 0 Å². The van der Waals surface area contributed by atoms with Crippen molar-refractivity contribution in [2.75, 3.05) is 43.5 Å². The fourth-order valence-electron chi connectivity index (χ4n) is 8.23. The Kier molecular flexibility index (Phi) is 11.1. The maximum Gasteiger partial charge on any atom is 0.258 e. The number of amides is 2. The fraction of sp³-hybridized carbons (Fsp3) is 0.439. The number of hydrogen-bond donors (Lipinski definition) is 2. The Morgan fingerprint density at radius 3 is 2.21 bits per heavy atom. The Bertz CT molecular complexity index is 2020. The van der Waals surface area contributed by atoms with Gasteiger partial charge in [-0.3, -0.25) is 24.6 Å². The molecule has 3 aliphatic heterocycles. The van der Waals surface area contributed by atoms with Gasteiger partial charge in [-0.25, -0.2) is 0 Å². The van der Waals surface area contributed by atoms with E-state index >= 15 is 0 Å². The molecule has 3 aromatic carbocycles. The molecule has 3 fully saturated rings. The number of likely N-dealkylation sites (tertiary alicyclic amines) is 1. The van der Waals surface area contributed by atoms with E-state index in [0.717, 1.165) is 96.6 Å². The van der Waals surface area contributed by atoms with E-state index in [-0.39, 0.29) is 17.4 Å².